The Hall–Kier alpha value is -3.46. The molecule has 1 aromatic heterocycles. The molecule has 0 radical (unpaired) electrons. The van der Waals surface area contributed by atoms with Gasteiger partial charge in [-0.15, -0.1) is 0 Å². The van der Waals surface area contributed by atoms with E-state index in [9.17, 15) is 5.11 Å². The minimum Gasteiger partial charge on any atom is -1.00 e. The molecule has 0 fully saturated rings. The Balaban J connectivity index is 0.00000289. The molecule has 0 spiro atoms. The molecule has 4 aromatic rings. The van der Waals surface area contributed by atoms with E-state index in [1.54, 1.807) is 7.11 Å². The highest BCUT2D eigenvalue weighted by Crippen LogP contribution is 2.32. The predicted molar refractivity (Wildman–Crippen MR) is 115 cm³/mol. The van der Waals surface area contributed by atoms with Gasteiger partial charge in [-0.05, 0) is 45.8 Å². The van der Waals surface area contributed by atoms with Crippen LogP contribution in [0.3, 0.4) is 0 Å². The van der Waals surface area contributed by atoms with Crippen molar-refractivity contribution in [3.63, 3.8) is 0 Å². The van der Waals surface area contributed by atoms with E-state index in [1.165, 1.54) is 4.68 Å². The van der Waals surface area contributed by atoms with Gasteiger partial charge in [-0.25, -0.2) is 0 Å². The molecule has 0 bridgehead atoms. The maximum absolute atomic E-state index is 10.3. The van der Waals surface area contributed by atoms with Gasteiger partial charge in [0.1, 0.15) is 0 Å². The molecular weight excluding hydrogens is 430 g/mol. The fourth-order valence-corrected chi connectivity index (χ4v) is 3.12. The van der Waals surface area contributed by atoms with Crippen LogP contribution in [0.5, 0.6) is 17.5 Å². The van der Waals surface area contributed by atoms with Gasteiger partial charge in [-0.3, -0.25) is 0 Å². The van der Waals surface area contributed by atoms with Gasteiger partial charge in [0.2, 0.25) is 0 Å². The van der Waals surface area contributed by atoms with Gasteiger partial charge in [0.05, 0.1) is 18.9 Å². The summed E-state index contributed by atoms with van der Waals surface area (Å²) in [5.74, 6) is 1.06. The van der Waals surface area contributed by atoms with Gasteiger partial charge in [-0.1, -0.05) is 59.7 Å². The molecule has 1 atom stereocenters. The first kappa shape index (κ1) is 23.2. The smallest absolute Gasteiger partial charge is 0.346 e. The van der Waals surface area contributed by atoms with Crippen LogP contribution in [0.2, 0.25) is 0 Å². The second kappa shape index (κ2) is 11.2. The molecule has 4 rings (SSSR count). The fourth-order valence-electron chi connectivity index (χ4n) is 3.12. The Morgan fingerprint density at radius 2 is 1.69 bits per heavy atom. The van der Waals surface area contributed by atoms with E-state index < -0.39 is 6.10 Å². The lowest BCUT2D eigenvalue weighted by Gasteiger charge is -2.14. The topological polar surface area (TPSA) is 94.3 Å². The average molecular weight is 453 g/mol. The van der Waals surface area contributed by atoms with Crippen LogP contribution in [-0.2, 0) is 6.54 Å². The van der Waals surface area contributed by atoms with Crippen LogP contribution >= 0.6 is 0 Å². The van der Waals surface area contributed by atoms with Gasteiger partial charge >= 0.3 is 6.01 Å². The van der Waals surface area contributed by atoms with Crippen molar-refractivity contribution in [2.24, 2.45) is 0 Å². The molecule has 0 aliphatic rings. The van der Waals surface area contributed by atoms with Crippen LogP contribution in [0.4, 0.5) is 0 Å². The van der Waals surface area contributed by atoms with Crippen LogP contribution in [-0.4, -0.2) is 39.0 Å². The highest BCUT2D eigenvalue weighted by atomic mass is 35.5. The Morgan fingerprint density at radius 3 is 2.41 bits per heavy atom. The molecule has 8 nitrogen and oxygen atoms in total. The van der Waals surface area contributed by atoms with Gasteiger partial charge < -0.3 is 32.3 Å². The summed E-state index contributed by atoms with van der Waals surface area (Å²) in [7, 11) is 1.58. The SMILES string of the molecule is COc1cc(CNCC(O)c2ccccc2)ccc1Oc1nnnn1-c1ccccc1.[Cl-]. The molecule has 166 valence electrons. The average Bonchev–Trinajstić information content (AvgIpc) is 3.29. The number of aromatic nitrogens is 4. The van der Waals surface area contributed by atoms with Crippen molar-refractivity contribution in [1.29, 1.82) is 0 Å². The van der Waals surface area contributed by atoms with Crippen LogP contribution in [0, 0.1) is 0 Å². The number of nitrogens with one attached hydrogen (secondary N) is 1. The van der Waals surface area contributed by atoms with E-state index >= 15 is 0 Å². The second-order valence-electron chi connectivity index (χ2n) is 6.85. The van der Waals surface area contributed by atoms with Gasteiger partial charge in [0.15, 0.2) is 11.5 Å². The van der Waals surface area contributed by atoms with Crippen molar-refractivity contribution in [3.8, 4) is 23.2 Å². The number of ether oxygens (including phenoxy) is 2. The zero-order chi connectivity index (χ0) is 21.5. The summed E-state index contributed by atoms with van der Waals surface area (Å²) in [6.07, 6.45) is -0.567. The summed E-state index contributed by atoms with van der Waals surface area (Å²) in [5.41, 5.74) is 2.67. The third kappa shape index (κ3) is 5.61. The number of methoxy groups -OCH3 is 1. The third-order valence-electron chi connectivity index (χ3n) is 4.72. The van der Waals surface area contributed by atoms with E-state index in [2.05, 4.69) is 20.8 Å². The minimum atomic E-state index is -0.567. The van der Waals surface area contributed by atoms with Gasteiger partial charge in [0, 0.05) is 13.1 Å². The third-order valence-corrected chi connectivity index (χ3v) is 4.72. The number of tetrazole rings is 1. The number of para-hydroxylation sites is 1. The zero-order valence-corrected chi connectivity index (χ0v) is 18.2. The van der Waals surface area contributed by atoms with Crippen LogP contribution < -0.4 is 27.2 Å². The number of halogens is 1. The maximum atomic E-state index is 10.3. The van der Waals surface area contributed by atoms with Crippen molar-refractivity contribution < 1.29 is 27.0 Å². The molecule has 0 aliphatic carbocycles. The number of aliphatic hydroxyl groups is 1. The van der Waals surface area contributed by atoms with Gasteiger partial charge in [-0.2, -0.15) is 4.68 Å². The highest BCUT2D eigenvalue weighted by Gasteiger charge is 2.14. The normalized spacial score (nSPS) is 11.4. The molecule has 0 aliphatic heterocycles. The number of benzene rings is 3. The maximum Gasteiger partial charge on any atom is 0.346 e. The lowest BCUT2D eigenvalue weighted by molar-refractivity contribution is -0.00000887. The molecule has 0 amide bonds. The molecule has 2 N–H and O–H groups in total. The van der Waals surface area contributed by atoms with Gasteiger partial charge in [0.25, 0.3) is 0 Å². The van der Waals surface area contributed by atoms with E-state index in [4.69, 9.17) is 9.47 Å². The first-order chi connectivity index (χ1) is 15.2. The first-order valence-electron chi connectivity index (χ1n) is 9.87. The Bertz CT molecular complexity index is 1110. The van der Waals surface area contributed by atoms with Crippen molar-refractivity contribution in [3.05, 3.63) is 90.0 Å². The Morgan fingerprint density at radius 1 is 0.969 bits per heavy atom. The molecule has 1 heterocycles. The zero-order valence-electron chi connectivity index (χ0n) is 17.4. The monoisotopic (exact) mass is 452 g/mol. The van der Waals surface area contributed by atoms with E-state index in [0.717, 1.165) is 16.8 Å². The van der Waals surface area contributed by atoms with Crippen molar-refractivity contribution in [2.45, 2.75) is 12.6 Å². The summed E-state index contributed by atoms with van der Waals surface area (Å²) < 4.78 is 12.9. The summed E-state index contributed by atoms with van der Waals surface area (Å²) in [6.45, 7) is 1.01. The van der Waals surface area contributed by atoms with Crippen LogP contribution in [0.15, 0.2) is 78.9 Å². The van der Waals surface area contributed by atoms with Crippen LogP contribution in [0.1, 0.15) is 17.2 Å². The minimum absolute atomic E-state index is 0. The summed E-state index contributed by atoms with van der Waals surface area (Å²) >= 11 is 0. The standard InChI is InChI=1S/C23H23N5O3.ClH/c1-30-22-14-17(15-24-16-20(29)18-8-4-2-5-9-18)12-13-21(22)31-23-25-26-27-28(23)19-10-6-3-7-11-19;/h2-14,20,24,29H,15-16H2,1H3;1H/p-1. The molecular formula is C23H23ClN5O3-. The lowest BCUT2D eigenvalue weighted by Crippen LogP contribution is -3.00. The predicted octanol–water partition coefficient (Wildman–Crippen LogP) is 0.290. The summed E-state index contributed by atoms with van der Waals surface area (Å²) in [5, 5.41) is 25.2. The van der Waals surface area contributed by atoms with E-state index in [0.29, 0.717) is 24.6 Å². The highest BCUT2D eigenvalue weighted by molar-refractivity contribution is 5.44. The fraction of sp³-hybridized carbons (Fsp3) is 0.174. The second-order valence-corrected chi connectivity index (χ2v) is 6.85. The van der Waals surface area contributed by atoms with Crippen LogP contribution in [0.25, 0.3) is 5.69 Å². The molecule has 32 heavy (non-hydrogen) atoms. The summed E-state index contributed by atoms with van der Waals surface area (Å²) in [4.78, 5) is 0. The quantitative estimate of drug-likeness (QED) is 0.377. The number of hydrogen-bond acceptors (Lipinski definition) is 7. The molecule has 0 saturated carbocycles. The molecule has 9 heteroatoms. The Kier molecular flexibility index (Phi) is 8.15. The number of aliphatic hydroxyl groups excluding tert-OH is 1. The first-order valence-corrected chi connectivity index (χ1v) is 9.87. The Labute approximate surface area is 192 Å². The summed E-state index contributed by atoms with van der Waals surface area (Å²) in [6, 6.07) is 24.9. The molecule has 1 unspecified atom stereocenters. The van der Waals surface area contributed by atoms with E-state index in [-0.39, 0.29) is 18.4 Å². The van der Waals surface area contributed by atoms with Crippen molar-refractivity contribution in [2.75, 3.05) is 13.7 Å². The van der Waals surface area contributed by atoms with Crippen molar-refractivity contribution in [1.82, 2.24) is 25.5 Å². The van der Waals surface area contributed by atoms with Crippen molar-refractivity contribution >= 4 is 0 Å². The van der Waals surface area contributed by atoms with E-state index in [1.807, 2.05) is 78.9 Å². The number of hydrogen-bond donors (Lipinski definition) is 2. The largest absolute Gasteiger partial charge is 1.00 e. The molecule has 0 saturated heterocycles. The molecule has 3 aromatic carbocycles. The number of rotatable bonds is 9. The number of nitrogens with zero attached hydrogens (tertiary/aromatic N) is 4. The lowest BCUT2D eigenvalue weighted by atomic mass is 10.1.